The highest BCUT2D eigenvalue weighted by Crippen LogP contribution is 2.31. The first-order chi connectivity index (χ1) is 8.93. The van der Waals surface area contributed by atoms with Crippen molar-refractivity contribution in [2.75, 3.05) is 0 Å². The van der Waals surface area contributed by atoms with Crippen molar-refractivity contribution in [3.8, 4) is 0 Å². The van der Waals surface area contributed by atoms with Gasteiger partial charge < -0.3 is 0 Å². The van der Waals surface area contributed by atoms with Crippen LogP contribution < -0.4 is 0 Å². The Morgan fingerprint density at radius 2 is 1.33 bits per heavy atom. The molecule has 0 N–H and O–H groups in total. The molecule has 83 valence electrons. The number of hydrogen-bond donors (Lipinski definition) is 0. The summed E-state index contributed by atoms with van der Waals surface area (Å²) in [5, 5.41) is 7.83. The van der Waals surface area contributed by atoms with Crippen molar-refractivity contribution in [3.05, 3.63) is 72.8 Å². The maximum Gasteiger partial charge on any atom is -0.00268 e. The van der Waals surface area contributed by atoms with Crippen LogP contribution in [0, 0.1) is 6.07 Å². The summed E-state index contributed by atoms with van der Waals surface area (Å²) in [4.78, 5) is 0. The van der Waals surface area contributed by atoms with Crippen LogP contribution in [0.15, 0.2) is 66.7 Å². The highest BCUT2D eigenvalue weighted by atomic mass is 14.1. The van der Waals surface area contributed by atoms with Crippen molar-refractivity contribution < 1.29 is 0 Å². The third-order valence-electron chi connectivity index (χ3n) is 3.57. The van der Waals surface area contributed by atoms with Crippen LogP contribution in [0.3, 0.4) is 0 Å². The zero-order valence-electron chi connectivity index (χ0n) is 9.85. The lowest BCUT2D eigenvalue weighted by Gasteiger charge is -2.07. The quantitative estimate of drug-likeness (QED) is 0.373. The van der Waals surface area contributed by atoms with Gasteiger partial charge in [0.15, 0.2) is 0 Å². The lowest BCUT2D eigenvalue weighted by Crippen LogP contribution is -1.80. The van der Waals surface area contributed by atoms with Crippen LogP contribution in [0.1, 0.15) is 0 Å². The highest BCUT2D eigenvalue weighted by molar-refractivity contribution is 6.20. The normalized spacial score (nSPS) is 11.3. The number of fused-ring (bicyclic) bond motifs is 5. The molecule has 4 aromatic rings. The van der Waals surface area contributed by atoms with Crippen LogP contribution >= 0.6 is 0 Å². The molecule has 0 heteroatoms. The standard InChI is InChI=1S/C18H11/c1-3-7-16-13(5-1)9-11-15-12-10-14-6-2-4-8-17(14)18(15)16/h1,3-12H. The SMILES string of the molecule is [c]1ccc2c(c1)ccc1ccc3ccccc3c12. The van der Waals surface area contributed by atoms with Gasteiger partial charge in [-0.1, -0.05) is 60.7 Å². The van der Waals surface area contributed by atoms with Crippen LogP contribution in [-0.4, -0.2) is 0 Å². The molecule has 0 saturated heterocycles. The van der Waals surface area contributed by atoms with Crippen LogP contribution in [0.4, 0.5) is 0 Å². The molecule has 0 bridgehead atoms. The summed E-state index contributed by atoms with van der Waals surface area (Å²) in [6.45, 7) is 0. The van der Waals surface area contributed by atoms with E-state index >= 15 is 0 Å². The van der Waals surface area contributed by atoms with E-state index in [1.807, 2.05) is 6.07 Å². The monoisotopic (exact) mass is 227 g/mol. The molecule has 0 aliphatic carbocycles. The van der Waals surface area contributed by atoms with Gasteiger partial charge in [-0.05, 0) is 44.5 Å². The lowest BCUT2D eigenvalue weighted by molar-refractivity contribution is 1.76. The number of hydrogen-bond acceptors (Lipinski definition) is 0. The van der Waals surface area contributed by atoms with E-state index in [0.717, 1.165) is 0 Å². The lowest BCUT2D eigenvalue weighted by atomic mass is 9.97. The number of rotatable bonds is 0. The molecule has 0 amide bonds. The van der Waals surface area contributed by atoms with Crippen molar-refractivity contribution in [2.45, 2.75) is 0 Å². The van der Waals surface area contributed by atoms with Crippen LogP contribution in [0.5, 0.6) is 0 Å². The Balaban J connectivity index is 2.38. The molecule has 0 heterocycles. The van der Waals surface area contributed by atoms with Gasteiger partial charge in [0.1, 0.15) is 0 Å². The van der Waals surface area contributed by atoms with Crippen molar-refractivity contribution in [1.29, 1.82) is 0 Å². The van der Waals surface area contributed by atoms with Gasteiger partial charge in [-0.15, -0.1) is 0 Å². The van der Waals surface area contributed by atoms with Crippen molar-refractivity contribution in [3.63, 3.8) is 0 Å². The molecule has 0 nitrogen and oxygen atoms in total. The summed E-state index contributed by atoms with van der Waals surface area (Å²) >= 11 is 0. The third-order valence-corrected chi connectivity index (χ3v) is 3.57. The molecule has 4 rings (SSSR count). The first kappa shape index (κ1) is 9.67. The topological polar surface area (TPSA) is 0 Å². The van der Waals surface area contributed by atoms with Gasteiger partial charge in [0.2, 0.25) is 0 Å². The van der Waals surface area contributed by atoms with E-state index in [1.165, 1.54) is 32.3 Å². The van der Waals surface area contributed by atoms with Gasteiger partial charge in [-0.2, -0.15) is 0 Å². The average molecular weight is 227 g/mol. The highest BCUT2D eigenvalue weighted by Gasteiger charge is 2.03. The van der Waals surface area contributed by atoms with E-state index < -0.39 is 0 Å². The zero-order valence-corrected chi connectivity index (χ0v) is 9.85. The van der Waals surface area contributed by atoms with Gasteiger partial charge in [0.25, 0.3) is 0 Å². The second-order valence-corrected chi connectivity index (χ2v) is 4.60. The van der Waals surface area contributed by atoms with Gasteiger partial charge in [-0.3, -0.25) is 0 Å². The molecular weight excluding hydrogens is 216 g/mol. The van der Waals surface area contributed by atoms with Crippen LogP contribution in [0.2, 0.25) is 0 Å². The minimum absolute atomic E-state index is 1.25. The van der Waals surface area contributed by atoms with Gasteiger partial charge >= 0.3 is 0 Å². The largest absolute Gasteiger partial charge is 0.0616 e. The molecule has 0 unspecified atom stereocenters. The summed E-state index contributed by atoms with van der Waals surface area (Å²) in [5.74, 6) is 0. The fraction of sp³-hybridized carbons (Fsp3) is 0. The van der Waals surface area contributed by atoms with Crippen molar-refractivity contribution in [2.24, 2.45) is 0 Å². The minimum atomic E-state index is 1.25. The van der Waals surface area contributed by atoms with Gasteiger partial charge in [0, 0.05) is 0 Å². The maximum absolute atomic E-state index is 3.15. The molecule has 0 aliphatic rings. The second kappa shape index (κ2) is 3.58. The molecule has 0 saturated carbocycles. The first-order valence-corrected chi connectivity index (χ1v) is 6.14. The Morgan fingerprint density at radius 3 is 2.28 bits per heavy atom. The molecule has 0 aliphatic heterocycles. The first-order valence-electron chi connectivity index (χ1n) is 6.14. The smallest absolute Gasteiger partial charge is 0.00268 e. The molecular formula is C18H11. The third kappa shape index (κ3) is 1.26. The Labute approximate surface area is 105 Å². The van der Waals surface area contributed by atoms with Gasteiger partial charge in [-0.25, -0.2) is 0 Å². The summed E-state index contributed by atoms with van der Waals surface area (Å²) in [6.07, 6.45) is 0. The van der Waals surface area contributed by atoms with E-state index in [2.05, 4.69) is 66.7 Å². The maximum atomic E-state index is 3.15. The molecule has 1 radical (unpaired) electrons. The van der Waals surface area contributed by atoms with E-state index in [4.69, 9.17) is 0 Å². The van der Waals surface area contributed by atoms with E-state index in [-0.39, 0.29) is 0 Å². The zero-order chi connectivity index (χ0) is 11.9. The van der Waals surface area contributed by atoms with Crippen LogP contribution in [0.25, 0.3) is 32.3 Å². The predicted molar refractivity (Wildman–Crippen MR) is 77.8 cm³/mol. The summed E-state index contributed by atoms with van der Waals surface area (Å²) in [6, 6.07) is 26.7. The van der Waals surface area contributed by atoms with E-state index in [0.29, 0.717) is 0 Å². The summed E-state index contributed by atoms with van der Waals surface area (Å²) in [7, 11) is 0. The Kier molecular flexibility index (Phi) is 1.92. The Morgan fingerprint density at radius 1 is 0.611 bits per heavy atom. The number of benzene rings is 4. The molecule has 0 atom stereocenters. The minimum Gasteiger partial charge on any atom is -0.0616 e. The summed E-state index contributed by atoms with van der Waals surface area (Å²) < 4.78 is 0. The van der Waals surface area contributed by atoms with Crippen molar-refractivity contribution in [1.82, 2.24) is 0 Å². The predicted octanol–water partition coefficient (Wildman–Crippen LogP) is 4.95. The fourth-order valence-electron chi connectivity index (χ4n) is 2.72. The molecule has 0 aromatic heterocycles. The Hall–Kier alpha value is -2.34. The van der Waals surface area contributed by atoms with E-state index in [1.54, 1.807) is 0 Å². The molecule has 0 fully saturated rings. The second-order valence-electron chi connectivity index (χ2n) is 4.60. The van der Waals surface area contributed by atoms with Crippen LogP contribution in [-0.2, 0) is 0 Å². The fourth-order valence-corrected chi connectivity index (χ4v) is 2.72. The Bertz CT molecular complexity index is 802. The van der Waals surface area contributed by atoms with E-state index in [9.17, 15) is 0 Å². The summed E-state index contributed by atoms with van der Waals surface area (Å²) in [5.41, 5.74) is 0. The molecule has 4 aromatic carbocycles. The van der Waals surface area contributed by atoms with Gasteiger partial charge in [0.05, 0.1) is 0 Å². The van der Waals surface area contributed by atoms with Crippen molar-refractivity contribution >= 4 is 32.3 Å². The molecule has 0 spiro atoms. The molecule has 18 heavy (non-hydrogen) atoms. The average Bonchev–Trinajstić information content (AvgIpc) is 2.46.